The summed E-state index contributed by atoms with van der Waals surface area (Å²) in [6.07, 6.45) is 7.05. The van der Waals surface area contributed by atoms with Gasteiger partial charge in [0.05, 0.1) is 16.0 Å². The number of rotatable bonds is 9. The highest BCUT2D eigenvalue weighted by molar-refractivity contribution is 7.25. The Morgan fingerprint density at radius 1 is 0.808 bits per heavy atom. The van der Waals surface area contributed by atoms with Crippen LogP contribution < -0.4 is 4.74 Å². The van der Waals surface area contributed by atoms with E-state index >= 15 is 0 Å². The van der Waals surface area contributed by atoms with Crippen molar-refractivity contribution in [1.82, 2.24) is 0 Å². The first-order chi connectivity index (χ1) is 12.7. The van der Waals surface area contributed by atoms with Crippen molar-refractivity contribution in [3.05, 3.63) is 41.5 Å². The Kier molecular flexibility index (Phi) is 6.47. The topological polar surface area (TPSA) is 9.23 Å². The van der Waals surface area contributed by atoms with Crippen molar-refractivity contribution in [1.29, 1.82) is 0 Å². The third kappa shape index (κ3) is 3.85. The molecular weight excluding hydrogens is 350 g/mol. The molecule has 1 nitrogen and oxygen atoms in total. The predicted octanol–water partition coefficient (Wildman–Crippen LogP) is 7.63. The van der Waals surface area contributed by atoms with Gasteiger partial charge in [0.25, 0.3) is 0 Å². The molecule has 0 saturated carbocycles. The van der Waals surface area contributed by atoms with Crippen molar-refractivity contribution in [3.63, 3.8) is 0 Å². The van der Waals surface area contributed by atoms with Crippen LogP contribution in [0.5, 0.6) is 5.75 Å². The Bertz CT molecular complexity index is 885. The lowest BCUT2D eigenvalue weighted by Crippen LogP contribution is -1.99. The van der Waals surface area contributed by atoms with Gasteiger partial charge in [-0.2, -0.15) is 0 Å². The number of unbranched alkanes of at least 4 members (excludes halogenated alkanes) is 4. The van der Waals surface area contributed by atoms with Crippen molar-refractivity contribution < 1.29 is 13.5 Å². The molecule has 0 bridgehead atoms. The summed E-state index contributed by atoms with van der Waals surface area (Å²) in [7, 11) is 0. The maximum absolute atomic E-state index is 14.9. The minimum absolute atomic E-state index is 0.196. The second-order valence-electron chi connectivity index (χ2n) is 6.78. The van der Waals surface area contributed by atoms with E-state index < -0.39 is 0 Å². The number of aryl methyl sites for hydroxylation is 1. The summed E-state index contributed by atoms with van der Waals surface area (Å²) in [5.41, 5.74) is 0.721. The fraction of sp³-hybridized carbons (Fsp3) is 0.455. The van der Waals surface area contributed by atoms with Gasteiger partial charge in [-0.15, -0.1) is 11.3 Å². The fourth-order valence-corrected chi connectivity index (χ4v) is 4.43. The average molecular weight is 377 g/mol. The van der Waals surface area contributed by atoms with Gasteiger partial charge in [0.1, 0.15) is 5.82 Å². The Morgan fingerprint density at radius 2 is 1.50 bits per heavy atom. The molecule has 4 heteroatoms. The zero-order chi connectivity index (χ0) is 18.5. The van der Waals surface area contributed by atoms with E-state index in [4.69, 9.17) is 4.74 Å². The molecular formula is C22H26F2OS. The van der Waals surface area contributed by atoms with Gasteiger partial charge in [-0.1, -0.05) is 51.7 Å². The molecule has 0 saturated heterocycles. The minimum Gasteiger partial charge on any atom is -0.490 e. The van der Waals surface area contributed by atoms with Crippen LogP contribution in [0.1, 0.15) is 57.9 Å². The number of hydrogen-bond acceptors (Lipinski definition) is 2. The Balaban J connectivity index is 1.90. The Hall–Kier alpha value is -1.68. The van der Waals surface area contributed by atoms with E-state index in [0.717, 1.165) is 54.9 Å². The Labute approximate surface area is 158 Å². The van der Waals surface area contributed by atoms with Gasteiger partial charge in [-0.3, -0.25) is 0 Å². The maximum atomic E-state index is 14.9. The number of hydrogen-bond donors (Lipinski definition) is 0. The average Bonchev–Trinajstić information content (AvgIpc) is 3.03. The van der Waals surface area contributed by atoms with Gasteiger partial charge in [0.15, 0.2) is 11.6 Å². The molecule has 0 amide bonds. The molecule has 140 valence electrons. The van der Waals surface area contributed by atoms with Crippen LogP contribution in [0.3, 0.4) is 0 Å². The molecule has 2 aromatic carbocycles. The van der Waals surface area contributed by atoms with Crippen molar-refractivity contribution in [2.75, 3.05) is 6.61 Å². The third-order valence-electron chi connectivity index (χ3n) is 4.79. The lowest BCUT2D eigenvalue weighted by atomic mass is 10.0. The van der Waals surface area contributed by atoms with E-state index in [1.54, 1.807) is 6.07 Å². The van der Waals surface area contributed by atoms with E-state index in [1.807, 2.05) is 18.2 Å². The molecule has 26 heavy (non-hydrogen) atoms. The molecule has 0 atom stereocenters. The van der Waals surface area contributed by atoms with E-state index in [2.05, 4.69) is 13.8 Å². The normalized spacial score (nSPS) is 11.5. The fourth-order valence-electron chi connectivity index (χ4n) is 3.24. The summed E-state index contributed by atoms with van der Waals surface area (Å²) in [4.78, 5) is 0. The zero-order valence-electron chi connectivity index (χ0n) is 15.5. The van der Waals surface area contributed by atoms with Crippen LogP contribution in [-0.4, -0.2) is 6.61 Å². The summed E-state index contributed by atoms with van der Waals surface area (Å²) < 4.78 is 36.4. The standard InChI is InChI=1S/C22H26F2OS/c1-3-5-7-8-14-25-18-13-12-17-16-11-10-15(9-6-4-2)19(23)21(16)26-22(17)20(18)24/h10-13H,3-9,14H2,1-2H3. The van der Waals surface area contributed by atoms with Crippen LogP contribution in [0, 0.1) is 11.6 Å². The molecule has 0 spiro atoms. The summed E-state index contributed by atoms with van der Waals surface area (Å²) in [5.74, 6) is -0.292. The van der Waals surface area contributed by atoms with E-state index in [1.165, 1.54) is 17.8 Å². The Morgan fingerprint density at radius 3 is 2.23 bits per heavy atom. The van der Waals surface area contributed by atoms with E-state index in [0.29, 0.717) is 16.0 Å². The van der Waals surface area contributed by atoms with E-state index in [9.17, 15) is 8.78 Å². The molecule has 0 aliphatic rings. The molecule has 0 aliphatic heterocycles. The molecule has 0 aliphatic carbocycles. The summed E-state index contributed by atoms with van der Waals surface area (Å²) in [5, 5.41) is 1.55. The number of thiophene rings is 1. The third-order valence-corrected chi connectivity index (χ3v) is 5.99. The molecule has 0 radical (unpaired) electrons. The number of fused-ring (bicyclic) bond motifs is 3. The van der Waals surface area contributed by atoms with E-state index in [-0.39, 0.29) is 17.4 Å². The minimum atomic E-state index is -0.367. The highest BCUT2D eigenvalue weighted by Gasteiger charge is 2.17. The summed E-state index contributed by atoms with van der Waals surface area (Å²) in [6, 6.07) is 7.29. The van der Waals surface area contributed by atoms with Crippen molar-refractivity contribution in [3.8, 4) is 5.75 Å². The molecule has 3 rings (SSSR count). The monoisotopic (exact) mass is 376 g/mol. The lowest BCUT2D eigenvalue weighted by molar-refractivity contribution is 0.292. The van der Waals surface area contributed by atoms with Crippen LogP contribution in [0.4, 0.5) is 8.78 Å². The zero-order valence-corrected chi connectivity index (χ0v) is 16.4. The molecule has 0 unspecified atom stereocenters. The van der Waals surface area contributed by atoms with Crippen LogP contribution in [0.2, 0.25) is 0 Å². The highest BCUT2D eigenvalue weighted by Crippen LogP contribution is 2.40. The van der Waals surface area contributed by atoms with Crippen LogP contribution in [0.25, 0.3) is 20.2 Å². The highest BCUT2D eigenvalue weighted by atomic mass is 32.1. The number of halogens is 2. The first-order valence-electron chi connectivity index (χ1n) is 9.62. The first kappa shape index (κ1) is 19.1. The summed E-state index contributed by atoms with van der Waals surface area (Å²) >= 11 is 1.19. The molecule has 0 fully saturated rings. The van der Waals surface area contributed by atoms with Gasteiger partial charge in [0.2, 0.25) is 0 Å². The summed E-state index contributed by atoms with van der Waals surface area (Å²) in [6.45, 7) is 4.76. The van der Waals surface area contributed by atoms with Gasteiger partial charge in [-0.25, -0.2) is 8.78 Å². The van der Waals surface area contributed by atoms with Crippen molar-refractivity contribution in [2.45, 2.75) is 58.8 Å². The van der Waals surface area contributed by atoms with Crippen molar-refractivity contribution >= 4 is 31.5 Å². The molecule has 1 heterocycles. The van der Waals surface area contributed by atoms with Gasteiger partial charge in [0, 0.05) is 10.8 Å². The quantitative estimate of drug-likeness (QED) is 0.349. The smallest absolute Gasteiger partial charge is 0.182 e. The second kappa shape index (κ2) is 8.81. The number of ether oxygens (including phenoxy) is 1. The second-order valence-corrected chi connectivity index (χ2v) is 7.81. The molecule has 0 N–H and O–H groups in total. The van der Waals surface area contributed by atoms with Gasteiger partial charge >= 0.3 is 0 Å². The first-order valence-corrected chi connectivity index (χ1v) is 10.4. The van der Waals surface area contributed by atoms with Gasteiger partial charge in [-0.05, 0) is 37.0 Å². The number of benzene rings is 2. The van der Waals surface area contributed by atoms with Crippen LogP contribution >= 0.6 is 11.3 Å². The van der Waals surface area contributed by atoms with Crippen LogP contribution in [0.15, 0.2) is 24.3 Å². The lowest BCUT2D eigenvalue weighted by Gasteiger charge is -2.07. The predicted molar refractivity (Wildman–Crippen MR) is 107 cm³/mol. The largest absolute Gasteiger partial charge is 0.490 e. The molecule has 3 aromatic rings. The SMILES string of the molecule is CCCCCCOc1ccc2c(sc3c(F)c(CCCC)ccc32)c1F. The van der Waals surface area contributed by atoms with Gasteiger partial charge < -0.3 is 4.74 Å². The van der Waals surface area contributed by atoms with Crippen molar-refractivity contribution in [2.24, 2.45) is 0 Å². The van der Waals surface area contributed by atoms with Crippen LogP contribution in [-0.2, 0) is 6.42 Å². The molecule has 1 aromatic heterocycles. The maximum Gasteiger partial charge on any atom is 0.182 e.